The molecule has 2 aromatic heterocycles. The van der Waals surface area contributed by atoms with Gasteiger partial charge < -0.3 is 9.15 Å². The van der Waals surface area contributed by atoms with E-state index < -0.39 is 11.9 Å². The van der Waals surface area contributed by atoms with E-state index >= 15 is 0 Å². The van der Waals surface area contributed by atoms with Crippen LogP contribution in [-0.2, 0) is 0 Å². The molecule has 5 aromatic rings. The van der Waals surface area contributed by atoms with E-state index in [-0.39, 0.29) is 17.3 Å². The number of hydrogen-bond acceptors (Lipinski definition) is 6. The zero-order valence-corrected chi connectivity index (χ0v) is 20.4. The first-order chi connectivity index (χ1) is 16.9. The summed E-state index contributed by atoms with van der Waals surface area (Å²) in [4.78, 5) is 33.6. The van der Waals surface area contributed by atoms with E-state index in [1.165, 1.54) is 11.3 Å². The SMILES string of the molecule is CC(C)Oc1ccc(C2c3c(oc4ccccc4c3=O)C(=O)N2c2nc3ccc(Cl)cc3s2)cc1. The molecule has 1 atom stereocenters. The quantitative estimate of drug-likeness (QED) is 0.277. The predicted molar refractivity (Wildman–Crippen MR) is 138 cm³/mol. The van der Waals surface area contributed by atoms with Gasteiger partial charge in [-0.15, -0.1) is 0 Å². The summed E-state index contributed by atoms with van der Waals surface area (Å²) in [5.74, 6) is 0.346. The minimum Gasteiger partial charge on any atom is -0.491 e. The van der Waals surface area contributed by atoms with Gasteiger partial charge in [-0.1, -0.05) is 47.2 Å². The van der Waals surface area contributed by atoms with Crippen LogP contribution in [0.4, 0.5) is 5.13 Å². The van der Waals surface area contributed by atoms with Crippen LogP contribution in [0.1, 0.15) is 41.6 Å². The average molecular weight is 503 g/mol. The lowest BCUT2D eigenvalue weighted by Gasteiger charge is -2.22. The first kappa shape index (κ1) is 21.8. The van der Waals surface area contributed by atoms with Gasteiger partial charge in [0.15, 0.2) is 10.6 Å². The topological polar surface area (TPSA) is 72.6 Å². The van der Waals surface area contributed by atoms with Crippen LogP contribution >= 0.6 is 22.9 Å². The Labute approximate surface area is 209 Å². The Hall–Kier alpha value is -3.68. The number of fused-ring (bicyclic) bond motifs is 3. The van der Waals surface area contributed by atoms with E-state index in [1.807, 2.05) is 50.2 Å². The van der Waals surface area contributed by atoms with Gasteiger partial charge in [-0.3, -0.25) is 14.5 Å². The van der Waals surface area contributed by atoms with Crippen molar-refractivity contribution in [3.8, 4) is 5.75 Å². The molecule has 1 amide bonds. The Morgan fingerprint density at radius 1 is 1.06 bits per heavy atom. The summed E-state index contributed by atoms with van der Waals surface area (Å²) in [6.07, 6.45) is 0.0270. The zero-order chi connectivity index (χ0) is 24.3. The van der Waals surface area contributed by atoms with Gasteiger partial charge in [-0.2, -0.15) is 0 Å². The van der Waals surface area contributed by atoms with E-state index in [9.17, 15) is 9.59 Å². The van der Waals surface area contributed by atoms with Crippen LogP contribution in [0.15, 0.2) is 75.9 Å². The van der Waals surface area contributed by atoms with E-state index in [0.717, 1.165) is 15.8 Å². The van der Waals surface area contributed by atoms with Crippen LogP contribution in [-0.4, -0.2) is 17.0 Å². The molecule has 0 radical (unpaired) electrons. The van der Waals surface area contributed by atoms with Crippen molar-refractivity contribution in [2.75, 3.05) is 4.90 Å². The number of aromatic nitrogens is 1. The van der Waals surface area contributed by atoms with Gasteiger partial charge in [-0.05, 0) is 61.9 Å². The fourth-order valence-electron chi connectivity index (χ4n) is 4.42. The van der Waals surface area contributed by atoms with Crippen molar-refractivity contribution in [1.29, 1.82) is 0 Å². The monoisotopic (exact) mass is 502 g/mol. The first-order valence-corrected chi connectivity index (χ1v) is 12.3. The second-order valence-corrected chi connectivity index (χ2v) is 10.0. The molecule has 0 saturated heterocycles. The largest absolute Gasteiger partial charge is 0.491 e. The molecule has 8 heteroatoms. The minimum absolute atomic E-state index is 0.0270. The molecule has 0 N–H and O–H groups in total. The summed E-state index contributed by atoms with van der Waals surface area (Å²) in [7, 11) is 0. The van der Waals surface area contributed by atoms with E-state index in [2.05, 4.69) is 0 Å². The number of halogens is 1. The van der Waals surface area contributed by atoms with Crippen LogP contribution in [0.25, 0.3) is 21.2 Å². The number of rotatable bonds is 4. The fraction of sp³-hybridized carbons (Fsp3) is 0.148. The Morgan fingerprint density at radius 3 is 2.60 bits per heavy atom. The molecule has 0 bridgehead atoms. The predicted octanol–water partition coefficient (Wildman–Crippen LogP) is 6.59. The van der Waals surface area contributed by atoms with Crippen molar-refractivity contribution < 1.29 is 13.9 Å². The van der Waals surface area contributed by atoms with Gasteiger partial charge in [0.2, 0.25) is 5.76 Å². The lowest BCUT2D eigenvalue weighted by molar-refractivity contribution is 0.0971. The van der Waals surface area contributed by atoms with Crippen molar-refractivity contribution >= 4 is 55.2 Å². The number of amides is 1. The third-order valence-electron chi connectivity index (χ3n) is 5.89. The van der Waals surface area contributed by atoms with Crippen LogP contribution in [0.3, 0.4) is 0 Å². The molecule has 1 aliphatic rings. The normalized spacial score (nSPS) is 15.4. The van der Waals surface area contributed by atoms with Crippen LogP contribution in [0.2, 0.25) is 5.02 Å². The molecule has 0 fully saturated rings. The molecule has 1 aliphatic heterocycles. The molecule has 6 nitrogen and oxygen atoms in total. The second-order valence-electron chi connectivity index (χ2n) is 8.59. The van der Waals surface area contributed by atoms with Gasteiger partial charge in [0.1, 0.15) is 11.3 Å². The van der Waals surface area contributed by atoms with Gasteiger partial charge in [0.05, 0.1) is 33.3 Å². The first-order valence-electron chi connectivity index (χ1n) is 11.1. The number of para-hydroxylation sites is 1. The third-order valence-corrected chi connectivity index (χ3v) is 7.14. The van der Waals surface area contributed by atoms with E-state index in [1.54, 1.807) is 35.2 Å². The molecule has 6 rings (SSSR count). The number of hydrogen-bond donors (Lipinski definition) is 0. The van der Waals surface area contributed by atoms with E-state index in [4.69, 9.17) is 25.7 Å². The lowest BCUT2D eigenvalue weighted by Crippen LogP contribution is -2.29. The molecule has 1 unspecified atom stereocenters. The molecular weight excluding hydrogens is 484 g/mol. The molecule has 0 saturated carbocycles. The summed E-state index contributed by atoms with van der Waals surface area (Å²) in [5.41, 5.74) is 1.94. The Bertz CT molecular complexity index is 1670. The Kier molecular flexibility index (Phi) is 5.12. The summed E-state index contributed by atoms with van der Waals surface area (Å²) in [6, 6.07) is 19.1. The number of nitrogens with zero attached hydrogens (tertiary/aromatic N) is 2. The summed E-state index contributed by atoms with van der Waals surface area (Å²) in [5, 5.41) is 1.49. The Balaban J connectivity index is 1.57. The summed E-state index contributed by atoms with van der Waals surface area (Å²) >= 11 is 7.52. The second kappa shape index (κ2) is 8.22. The molecule has 0 spiro atoms. The highest BCUT2D eigenvalue weighted by molar-refractivity contribution is 7.22. The number of ether oxygens (including phenoxy) is 1. The average Bonchev–Trinajstić information content (AvgIpc) is 3.37. The number of benzene rings is 3. The summed E-state index contributed by atoms with van der Waals surface area (Å²) in [6.45, 7) is 3.91. The van der Waals surface area contributed by atoms with Gasteiger partial charge in [-0.25, -0.2) is 4.98 Å². The van der Waals surface area contributed by atoms with Crippen LogP contribution < -0.4 is 15.1 Å². The number of thiazole rings is 1. The van der Waals surface area contributed by atoms with Crippen LogP contribution in [0, 0.1) is 0 Å². The standard InChI is InChI=1S/C27H19ClN2O4S/c1-14(2)33-17-10-7-15(8-11-17)23-22-24(31)18-5-3-4-6-20(18)34-25(22)26(32)30(23)27-29-19-12-9-16(28)13-21(19)35-27/h3-14,23H,1-2H3. The fourth-order valence-corrected chi connectivity index (χ4v) is 5.69. The van der Waals surface area contributed by atoms with Crippen molar-refractivity contribution in [3.05, 3.63) is 98.9 Å². The van der Waals surface area contributed by atoms with E-state index in [0.29, 0.717) is 32.4 Å². The van der Waals surface area contributed by atoms with Crippen molar-refractivity contribution in [3.63, 3.8) is 0 Å². The van der Waals surface area contributed by atoms with Gasteiger partial charge in [0, 0.05) is 5.02 Å². The molecule has 35 heavy (non-hydrogen) atoms. The molecule has 174 valence electrons. The number of carbonyl (C=O) groups is 1. The maximum Gasteiger partial charge on any atom is 0.297 e. The maximum atomic E-state index is 13.7. The Morgan fingerprint density at radius 2 is 1.83 bits per heavy atom. The van der Waals surface area contributed by atoms with Crippen molar-refractivity contribution in [2.24, 2.45) is 0 Å². The maximum absolute atomic E-state index is 13.7. The highest BCUT2D eigenvalue weighted by atomic mass is 35.5. The van der Waals surface area contributed by atoms with Gasteiger partial charge in [0.25, 0.3) is 5.91 Å². The zero-order valence-electron chi connectivity index (χ0n) is 18.8. The minimum atomic E-state index is -0.692. The number of carbonyl (C=O) groups excluding carboxylic acids is 1. The van der Waals surface area contributed by atoms with Gasteiger partial charge >= 0.3 is 0 Å². The third kappa shape index (κ3) is 3.59. The molecule has 3 heterocycles. The van der Waals surface area contributed by atoms with Crippen molar-refractivity contribution in [1.82, 2.24) is 4.98 Å². The highest BCUT2D eigenvalue weighted by Crippen LogP contribution is 2.44. The molecule has 3 aromatic carbocycles. The highest BCUT2D eigenvalue weighted by Gasteiger charge is 2.45. The molecular formula is C27H19ClN2O4S. The smallest absolute Gasteiger partial charge is 0.297 e. The summed E-state index contributed by atoms with van der Waals surface area (Å²) < 4.78 is 12.6. The lowest BCUT2D eigenvalue weighted by atomic mass is 9.98. The van der Waals surface area contributed by atoms with Crippen molar-refractivity contribution in [2.45, 2.75) is 26.0 Å². The molecule has 0 aliphatic carbocycles. The van der Waals surface area contributed by atoms with Crippen LogP contribution in [0.5, 0.6) is 5.75 Å². The number of anilines is 1.